The summed E-state index contributed by atoms with van der Waals surface area (Å²) in [5, 5.41) is 4.33. The first-order chi connectivity index (χ1) is 10.4. The van der Waals surface area contributed by atoms with Crippen LogP contribution in [-0.2, 0) is 0 Å². The van der Waals surface area contributed by atoms with Crippen molar-refractivity contribution in [2.75, 3.05) is 13.2 Å². The van der Waals surface area contributed by atoms with Gasteiger partial charge in [-0.05, 0) is 51.4 Å². The fourth-order valence-corrected chi connectivity index (χ4v) is 2.43. The van der Waals surface area contributed by atoms with Crippen molar-refractivity contribution < 1.29 is 9.15 Å². The van der Waals surface area contributed by atoms with Gasteiger partial charge in [0.05, 0.1) is 6.61 Å². The van der Waals surface area contributed by atoms with E-state index in [1.807, 2.05) is 26.0 Å². The summed E-state index contributed by atoms with van der Waals surface area (Å²) in [6.45, 7) is 11.5. The van der Waals surface area contributed by atoms with Gasteiger partial charge >= 0.3 is 5.63 Å². The van der Waals surface area contributed by atoms with E-state index in [0.29, 0.717) is 23.8 Å². The topological polar surface area (TPSA) is 51.5 Å². The average Bonchev–Trinajstić information content (AvgIpc) is 2.47. The molecule has 4 nitrogen and oxygen atoms in total. The number of benzene rings is 1. The standard InChI is InChI=1S/C18H25NO3.ClH/c1-11(2)19-9-6-10-21-16-8-7-15-12(3)13(4)18(20)22-17(15)14(16)5;/h7-8,11,19H,6,9-10H2,1-5H3;1H. The number of fused-ring (bicyclic) bond motifs is 1. The Balaban J connectivity index is 0.00000264. The molecule has 23 heavy (non-hydrogen) atoms. The van der Waals surface area contributed by atoms with Crippen LogP contribution in [-0.4, -0.2) is 19.2 Å². The Hall–Kier alpha value is -1.52. The maximum Gasteiger partial charge on any atom is 0.339 e. The number of halogens is 1. The lowest BCUT2D eigenvalue weighted by atomic mass is 10.0. The van der Waals surface area contributed by atoms with E-state index in [0.717, 1.165) is 35.2 Å². The molecule has 2 rings (SSSR count). The summed E-state index contributed by atoms with van der Waals surface area (Å²) >= 11 is 0. The van der Waals surface area contributed by atoms with E-state index in [-0.39, 0.29) is 18.0 Å². The van der Waals surface area contributed by atoms with Gasteiger partial charge < -0.3 is 14.5 Å². The second-order valence-corrected chi connectivity index (χ2v) is 6.02. The third kappa shape index (κ3) is 4.49. The third-order valence-corrected chi connectivity index (χ3v) is 3.95. The summed E-state index contributed by atoms with van der Waals surface area (Å²) < 4.78 is 11.3. The molecule has 1 N–H and O–H groups in total. The van der Waals surface area contributed by atoms with Crippen molar-refractivity contribution >= 4 is 23.4 Å². The minimum atomic E-state index is -0.272. The monoisotopic (exact) mass is 339 g/mol. The largest absolute Gasteiger partial charge is 0.493 e. The molecule has 0 atom stereocenters. The minimum absolute atomic E-state index is 0. The second-order valence-electron chi connectivity index (χ2n) is 6.02. The molecule has 0 saturated heterocycles. The van der Waals surface area contributed by atoms with Gasteiger partial charge in [0.1, 0.15) is 11.3 Å². The van der Waals surface area contributed by atoms with E-state index in [9.17, 15) is 4.79 Å². The molecule has 0 fully saturated rings. The van der Waals surface area contributed by atoms with E-state index < -0.39 is 0 Å². The SMILES string of the molecule is Cc1c(C)c2ccc(OCCCNC(C)C)c(C)c2oc1=O.Cl. The zero-order valence-corrected chi connectivity index (χ0v) is 15.3. The van der Waals surface area contributed by atoms with E-state index in [1.165, 1.54) is 0 Å². The molecule has 0 aliphatic carbocycles. The fourth-order valence-electron chi connectivity index (χ4n) is 2.43. The first kappa shape index (κ1) is 19.5. The molecule has 1 heterocycles. The molecule has 0 radical (unpaired) electrons. The van der Waals surface area contributed by atoms with Crippen molar-refractivity contribution in [3.05, 3.63) is 39.2 Å². The minimum Gasteiger partial charge on any atom is -0.493 e. The number of aryl methyl sites for hydroxylation is 2. The van der Waals surface area contributed by atoms with Gasteiger partial charge in [-0.15, -0.1) is 12.4 Å². The molecule has 2 aromatic rings. The molecule has 0 unspecified atom stereocenters. The highest BCUT2D eigenvalue weighted by atomic mass is 35.5. The van der Waals surface area contributed by atoms with Crippen LogP contribution in [0.5, 0.6) is 5.75 Å². The molecule has 0 aliphatic heterocycles. The molecule has 5 heteroatoms. The Morgan fingerprint density at radius 1 is 1.13 bits per heavy atom. The Bertz CT molecular complexity index is 722. The Morgan fingerprint density at radius 2 is 1.83 bits per heavy atom. The van der Waals surface area contributed by atoms with Crippen LogP contribution < -0.4 is 15.7 Å². The molecule has 0 bridgehead atoms. The van der Waals surface area contributed by atoms with Crippen molar-refractivity contribution in [2.24, 2.45) is 0 Å². The summed E-state index contributed by atoms with van der Waals surface area (Å²) in [6, 6.07) is 4.41. The van der Waals surface area contributed by atoms with Crippen LogP contribution >= 0.6 is 12.4 Å². The summed E-state index contributed by atoms with van der Waals surface area (Å²) in [6.07, 6.45) is 0.937. The highest BCUT2D eigenvalue weighted by Gasteiger charge is 2.12. The van der Waals surface area contributed by atoms with E-state index in [2.05, 4.69) is 19.2 Å². The van der Waals surface area contributed by atoms with Gasteiger partial charge in [0.25, 0.3) is 0 Å². The Labute approximate surface area is 143 Å². The van der Waals surface area contributed by atoms with Gasteiger partial charge in [0, 0.05) is 22.6 Å². The molecular weight excluding hydrogens is 314 g/mol. The first-order valence-electron chi connectivity index (χ1n) is 7.81. The summed E-state index contributed by atoms with van der Waals surface area (Å²) in [5.41, 5.74) is 2.88. The predicted octanol–water partition coefficient (Wildman–Crippen LogP) is 3.91. The lowest BCUT2D eigenvalue weighted by Gasteiger charge is -2.13. The van der Waals surface area contributed by atoms with Crippen LogP contribution in [0.4, 0.5) is 0 Å². The van der Waals surface area contributed by atoms with Crippen LogP contribution in [0.1, 0.15) is 37.0 Å². The lowest BCUT2D eigenvalue weighted by Crippen LogP contribution is -2.24. The Kier molecular flexibility index (Phi) is 7.10. The molecule has 0 amide bonds. The van der Waals surface area contributed by atoms with Crippen molar-refractivity contribution in [3.8, 4) is 5.75 Å². The number of rotatable bonds is 6. The lowest BCUT2D eigenvalue weighted by molar-refractivity contribution is 0.304. The van der Waals surface area contributed by atoms with E-state index in [4.69, 9.17) is 9.15 Å². The first-order valence-corrected chi connectivity index (χ1v) is 7.81. The molecule has 0 saturated carbocycles. The van der Waals surface area contributed by atoms with Gasteiger partial charge in [0.2, 0.25) is 0 Å². The van der Waals surface area contributed by atoms with Crippen LogP contribution in [0.15, 0.2) is 21.3 Å². The zero-order valence-electron chi connectivity index (χ0n) is 14.5. The van der Waals surface area contributed by atoms with Crippen molar-refractivity contribution in [2.45, 2.75) is 47.1 Å². The van der Waals surface area contributed by atoms with Gasteiger partial charge in [-0.1, -0.05) is 13.8 Å². The third-order valence-electron chi connectivity index (χ3n) is 3.95. The summed E-state index contributed by atoms with van der Waals surface area (Å²) in [4.78, 5) is 11.9. The van der Waals surface area contributed by atoms with Crippen LogP contribution in [0.3, 0.4) is 0 Å². The highest BCUT2D eigenvalue weighted by Crippen LogP contribution is 2.29. The van der Waals surface area contributed by atoms with Crippen molar-refractivity contribution in [1.82, 2.24) is 5.32 Å². The van der Waals surface area contributed by atoms with Gasteiger partial charge in [0.15, 0.2) is 0 Å². The Morgan fingerprint density at radius 3 is 2.48 bits per heavy atom. The zero-order chi connectivity index (χ0) is 16.3. The van der Waals surface area contributed by atoms with Crippen LogP contribution in [0.25, 0.3) is 11.0 Å². The maximum atomic E-state index is 11.9. The predicted molar refractivity (Wildman–Crippen MR) is 97.2 cm³/mol. The molecule has 1 aromatic heterocycles. The number of nitrogens with one attached hydrogen (secondary N) is 1. The summed E-state index contributed by atoms with van der Waals surface area (Å²) in [5.74, 6) is 0.781. The smallest absolute Gasteiger partial charge is 0.339 e. The van der Waals surface area contributed by atoms with Crippen molar-refractivity contribution in [3.63, 3.8) is 0 Å². The highest BCUT2D eigenvalue weighted by molar-refractivity contribution is 5.85. The van der Waals surface area contributed by atoms with E-state index >= 15 is 0 Å². The molecular formula is C18H26ClNO3. The number of hydrogen-bond acceptors (Lipinski definition) is 4. The summed E-state index contributed by atoms with van der Waals surface area (Å²) in [7, 11) is 0. The molecule has 1 aromatic carbocycles. The maximum absolute atomic E-state index is 11.9. The van der Waals surface area contributed by atoms with Crippen molar-refractivity contribution in [1.29, 1.82) is 0 Å². The van der Waals surface area contributed by atoms with Crippen LogP contribution in [0.2, 0.25) is 0 Å². The second kappa shape index (κ2) is 8.37. The fraction of sp³-hybridized carbons (Fsp3) is 0.500. The van der Waals surface area contributed by atoms with Gasteiger partial charge in [-0.25, -0.2) is 4.79 Å². The van der Waals surface area contributed by atoms with E-state index in [1.54, 1.807) is 6.92 Å². The normalized spacial score (nSPS) is 10.9. The average molecular weight is 340 g/mol. The van der Waals surface area contributed by atoms with Crippen LogP contribution in [0, 0.1) is 20.8 Å². The molecule has 128 valence electrons. The van der Waals surface area contributed by atoms with Gasteiger partial charge in [-0.2, -0.15) is 0 Å². The number of hydrogen-bond donors (Lipinski definition) is 1. The quantitative estimate of drug-likeness (QED) is 0.640. The molecule has 0 aliphatic rings. The number of ether oxygens (including phenoxy) is 1. The van der Waals surface area contributed by atoms with Gasteiger partial charge in [-0.3, -0.25) is 0 Å². The molecule has 0 spiro atoms.